The van der Waals surface area contributed by atoms with Gasteiger partial charge in [-0.1, -0.05) is 24.3 Å². The van der Waals surface area contributed by atoms with Gasteiger partial charge in [-0.25, -0.2) is 0 Å². The molecule has 2 aromatic rings. The molecule has 0 bridgehead atoms. The number of carbonyl (C=O) groups excluding carboxylic acids is 1. The maximum atomic E-state index is 12.8. The second-order valence-electron chi connectivity index (χ2n) is 7.39. The smallest absolute Gasteiger partial charge is 0.227 e. The lowest BCUT2D eigenvalue weighted by atomic mass is 10.1. The fourth-order valence-electron chi connectivity index (χ4n) is 3.74. The van der Waals surface area contributed by atoms with Crippen molar-refractivity contribution >= 4 is 5.91 Å². The number of hydrogen-bond donors (Lipinski definition) is 0. The van der Waals surface area contributed by atoms with Crippen LogP contribution in [0, 0.1) is 20.8 Å². The second kappa shape index (κ2) is 8.04. The van der Waals surface area contributed by atoms with E-state index in [1.54, 1.807) is 0 Å². The standard InChI is InChI=1S/C21H30N4O/c1-16-8-5-6-9-19(16)15-24-10-7-11-25(13-12-24)21(26)14-20-17(2)22-23(4)18(20)3/h5-6,8-9H,7,10-15H2,1-4H3. The normalized spacial score (nSPS) is 15.9. The monoisotopic (exact) mass is 354 g/mol. The molecule has 0 saturated carbocycles. The quantitative estimate of drug-likeness (QED) is 0.847. The van der Waals surface area contributed by atoms with Crippen LogP contribution in [0.4, 0.5) is 0 Å². The van der Waals surface area contributed by atoms with E-state index in [1.165, 1.54) is 11.1 Å². The van der Waals surface area contributed by atoms with Crippen molar-refractivity contribution in [3.63, 3.8) is 0 Å². The van der Waals surface area contributed by atoms with E-state index in [-0.39, 0.29) is 5.91 Å². The maximum absolute atomic E-state index is 12.8. The molecule has 0 radical (unpaired) electrons. The van der Waals surface area contributed by atoms with Crippen LogP contribution >= 0.6 is 0 Å². The highest BCUT2D eigenvalue weighted by Crippen LogP contribution is 2.16. The highest BCUT2D eigenvalue weighted by atomic mass is 16.2. The summed E-state index contributed by atoms with van der Waals surface area (Å²) in [6.07, 6.45) is 1.49. The van der Waals surface area contributed by atoms with Crippen molar-refractivity contribution in [3.8, 4) is 0 Å². The molecule has 0 spiro atoms. The third-order valence-electron chi connectivity index (χ3n) is 5.58. The molecule has 5 nitrogen and oxygen atoms in total. The lowest BCUT2D eigenvalue weighted by Gasteiger charge is -2.22. The molecule has 1 amide bonds. The maximum Gasteiger partial charge on any atom is 0.227 e. The molecule has 0 aliphatic carbocycles. The van der Waals surface area contributed by atoms with Gasteiger partial charge in [0.25, 0.3) is 0 Å². The summed E-state index contributed by atoms with van der Waals surface area (Å²) in [6, 6.07) is 8.57. The van der Waals surface area contributed by atoms with E-state index >= 15 is 0 Å². The van der Waals surface area contributed by atoms with Crippen LogP contribution in [0.2, 0.25) is 0 Å². The summed E-state index contributed by atoms with van der Waals surface area (Å²) >= 11 is 0. The third-order valence-corrected chi connectivity index (χ3v) is 5.58. The fourth-order valence-corrected chi connectivity index (χ4v) is 3.74. The Labute approximate surface area is 156 Å². The summed E-state index contributed by atoms with van der Waals surface area (Å²) in [5.41, 5.74) is 5.86. The van der Waals surface area contributed by atoms with Gasteiger partial charge < -0.3 is 4.90 Å². The summed E-state index contributed by atoms with van der Waals surface area (Å²) in [5, 5.41) is 4.43. The number of benzene rings is 1. The zero-order valence-corrected chi connectivity index (χ0v) is 16.5. The largest absolute Gasteiger partial charge is 0.341 e. The Balaban J connectivity index is 1.59. The Bertz CT molecular complexity index is 780. The van der Waals surface area contributed by atoms with Crippen LogP contribution in [0.5, 0.6) is 0 Å². The van der Waals surface area contributed by atoms with Crippen LogP contribution in [-0.2, 0) is 24.8 Å². The number of aryl methyl sites for hydroxylation is 3. The van der Waals surface area contributed by atoms with Gasteiger partial charge in [-0.15, -0.1) is 0 Å². The highest BCUT2D eigenvalue weighted by Gasteiger charge is 2.22. The van der Waals surface area contributed by atoms with E-state index in [0.717, 1.165) is 56.1 Å². The topological polar surface area (TPSA) is 41.4 Å². The molecule has 1 aromatic heterocycles. The lowest BCUT2D eigenvalue weighted by molar-refractivity contribution is -0.130. The molecule has 26 heavy (non-hydrogen) atoms. The van der Waals surface area contributed by atoms with E-state index in [4.69, 9.17) is 0 Å². The number of carbonyl (C=O) groups is 1. The number of aromatic nitrogens is 2. The highest BCUT2D eigenvalue weighted by molar-refractivity contribution is 5.79. The van der Waals surface area contributed by atoms with Crippen molar-refractivity contribution in [2.24, 2.45) is 7.05 Å². The molecule has 1 aliphatic heterocycles. The van der Waals surface area contributed by atoms with Crippen LogP contribution in [0.25, 0.3) is 0 Å². The predicted octanol–water partition coefficient (Wildman–Crippen LogP) is 2.62. The van der Waals surface area contributed by atoms with Crippen molar-refractivity contribution in [2.45, 2.75) is 40.2 Å². The molecule has 2 heterocycles. The molecule has 0 N–H and O–H groups in total. The number of nitrogens with zero attached hydrogens (tertiary/aromatic N) is 4. The summed E-state index contributed by atoms with van der Waals surface area (Å²) in [4.78, 5) is 17.3. The van der Waals surface area contributed by atoms with Gasteiger partial charge in [0, 0.05) is 51.0 Å². The summed E-state index contributed by atoms with van der Waals surface area (Å²) in [5.74, 6) is 0.224. The van der Waals surface area contributed by atoms with Crippen LogP contribution in [0.1, 0.15) is 34.5 Å². The van der Waals surface area contributed by atoms with Crippen molar-refractivity contribution in [2.75, 3.05) is 26.2 Å². The van der Waals surface area contributed by atoms with Crippen LogP contribution in [-0.4, -0.2) is 51.7 Å². The van der Waals surface area contributed by atoms with Crippen molar-refractivity contribution in [1.29, 1.82) is 0 Å². The Morgan fingerprint density at radius 1 is 1.08 bits per heavy atom. The summed E-state index contributed by atoms with van der Waals surface area (Å²) < 4.78 is 1.87. The molecule has 1 saturated heterocycles. The van der Waals surface area contributed by atoms with Gasteiger partial charge in [0.1, 0.15) is 0 Å². The third kappa shape index (κ3) is 4.15. The van der Waals surface area contributed by atoms with E-state index in [2.05, 4.69) is 41.2 Å². The first-order valence-electron chi connectivity index (χ1n) is 9.49. The average Bonchev–Trinajstić information content (AvgIpc) is 2.80. The zero-order valence-electron chi connectivity index (χ0n) is 16.5. The van der Waals surface area contributed by atoms with Gasteiger partial charge in [0.15, 0.2) is 0 Å². The Kier molecular flexibility index (Phi) is 5.77. The minimum absolute atomic E-state index is 0.224. The Morgan fingerprint density at radius 3 is 2.54 bits per heavy atom. The van der Waals surface area contributed by atoms with Gasteiger partial charge in [-0.3, -0.25) is 14.4 Å². The first kappa shape index (κ1) is 18.6. The molecule has 3 rings (SSSR count). The lowest BCUT2D eigenvalue weighted by Crippen LogP contribution is -2.36. The van der Waals surface area contributed by atoms with Crippen LogP contribution in [0.3, 0.4) is 0 Å². The zero-order chi connectivity index (χ0) is 18.7. The molecule has 0 atom stereocenters. The molecular weight excluding hydrogens is 324 g/mol. The molecule has 140 valence electrons. The summed E-state index contributed by atoms with van der Waals surface area (Å²) in [6.45, 7) is 10.8. The van der Waals surface area contributed by atoms with Gasteiger partial charge in [0.2, 0.25) is 5.91 Å². The molecular formula is C21H30N4O. The van der Waals surface area contributed by atoms with Gasteiger partial charge >= 0.3 is 0 Å². The van der Waals surface area contributed by atoms with E-state index < -0.39 is 0 Å². The first-order chi connectivity index (χ1) is 12.5. The summed E-state index contributed by atoms with van der Waals surface area (Å²) in [7, 11) is 1.94. The van der Waals surface area contributed by atoms with Crippen molar-refractivity contribution in [3.05, 3.63) is 52.3 Å². The number of amides is 1. The van der Waals surface area contributed by atoms with Gasteiger partial charge in [0.05, 0.1) is 12.1 Å². The molecule has 1 aromatic carbocycles. The Morgan fingerprint density at radius 2 is 1.85 bits per heavy atom. The van der Waals surface area contributed by atoms with Gasteiger partial charge in [-0.05, 0) is 38.3 Å². The molecule has 1 fully saturated rings. The number of hydrogen-bond acceptors (Lipinski definition) is 3. The van der Waals surface area contributed by atoms with Gasteiger partial charge in [-0.2, -0.15) is 5.10 Å². The number of rotatable bonds is 4. The average molecular weight is 354 g/mol. The van der Waals surface area contributed by atoms with E-state index in [1.807, 2.05) is 30.5 Å². The van der Waals surface area contributed by atoms with Crippen LogP contribution in [0.15, 0.2) is 24.3 Å². The second-order valence-corrected chi connectivity index (χ2v) is 7.39. The predicted molar refractivity (Wildman–Crippen MR) is 104 cm³/mol. The van der Waals surface area contributed by atoms with Crippen LogP contribution < -0.4 is 0 Å². The minimum Gasteiger partial charge on any atom is -0.341 e. The first-order valence-corrected chi connectivity index (χ1v) is 9.49. The van der Waals surface area contributed by atoms with Crippen molar-refractivity contribution < 1.29 is 4.79 Å². The van der Waals surface area contributed by atoms with E-state index in [0.29, 0.717) is 6.42 Å². The minimum atomic E-state index is 0.224. The molecule has 5 heteroatoms. The Hall–Kier alpha value is -2.14. The molecule has 1 aliphatic rings. The molecule has 0 unspecified atom stereocenters. The SMILES string of the molecule is Cc1ccccc1CN1CCCN(C(=O)Cc2c(C)nn(C)c2C)CC1. The van der Waals surface area contributed by atoms with Crippen molar-refractivity contribution in [1.82, 2.24) is 19.6 Å². The fraction of sp³-hybridized carbons (Fsp3) is 0.524. The van der Waals surface area contributed by atoms with E-state index in [9.17, 15) is 4.79 Å².